The van der Waals surface area contributed by atoms with Crippen LogP contribution in [0.25, 0.3) is 0 Å². The summed E-state index contributed by atoms with van der Waals surface area (Å²) in [6, 6.07) is 0.168. The van der Waals surface area contributed by atoms with Crippen molar-refractivity contribution in [3.8, 4) is 0 Å². The molecule has 0 amide bonds. The zero-order valence-electron chi connectivity index (χ0n) is 7.33. The zero-order valence-corrected chi connectivity index (χ0v) is 7.33. The van der Waals surface area contributed by atoms with Crippen LogP contribution in [0.1, 0.15) is 6.92 Å². The Kier molecular flexibility index (Phi) is 4.56. The van der Waals surface area contributed by atoms with E-state index in [1.807, 2.05) is 25.9 Å². The number of nitrogens with one attached hydrogen (secondary N) is 1. The van der Waals surface area contributed by atoms with Crippen LogP contribution in [0, 0.1) is 0 Å². The molecule has 0 aliphatic heterocycles. The molecule has 0 bridgehead atoms. The van der Waals surface area contributed by atoms with Crippen molar-refractivity contribution in [3.05, 3.63) is 0 Å². The fourth-order valence-electron chi connectivity index (χ4n) is 0.844. The summed E-state index contributed by atoms with van der Waals surface area (Å²) in [5.41, 5.74) is 7.62. The van der Waals surface area contributed by atoms with Gasteiger partial charge in [-0.15, -0.1) is 0 Å². The highest BCUT2D eigenvalue weighted by Gasteiger charge is 2.00. The summed E-state index contributed by atoms with van der Waals surface area (Å²) >= 11 is 0. The van der Waals surface area contributed by atoms with E-state index in [2.05, 4.69) is 10.4 Å². The first-order valence-corrected chi connectivity index (χ1v) is 3.51. The number of hydrazine groups is 1. The third-order valence-corrected chi connectivity index (χ3v) is 1.14. The molecule has 1 atom stereocenters. The smallest absolute Gasteiger partial charge is 0.203 e. The van der Waals surface area contributed by atoms with E-state index < -0.39 is 0 Å². The zero-order chi connectivity index (χ0) is 8.85. The molecule has 0 rings (SSSR count). The summed E-state index contributed by atoms with van der Waals surface area (Å²) in [5, 5.41) is 0. The van der Waals surface area contributed by atoms with Crippen molar-refractivity contribution in [2.75, 3.05) is 20.6 Å². The Morgan fingerprint density at radius 3 is 2.55 bits per heavy atom. The summed E-state index contributed by atoms with van der Waals surface area (Å²) in [5.74, 6) is 5.31. The largest absolute Gasteiger partial charge is 0.369 e. The molecular formula is C6H17N5. The lowest BCUT2D eigenvalue weighted by Crippen LogP contribution is -2.38. The lowest BCUT2D eigenvalue weighted by molar-refractivity contribution is 0.383. The fourth-order valence-corrected chi connectivity index (χ4v) is 0.844. The topological polar surface area (TPSA) is 79.7 Å². The van der Waals surface area contributed by atoms with E-state index in [1.165, 1.54) is 0 Å². The van der Waals surface area contributed by atoms with Crippen LogP contribution in [0.2, 0.25) is 0 Å². The maximum Gasteiger partial charge on any atom is 0.203 e. The second-order valence-corrected chi connectivity index (χ2v) is 2.77. The third kappa shape index (κ3) is 5.63. The number of nitrogens with two attached hydrogens (primary N) is 2. The van der Waals surface area contributed by atoms with Gasteiger partial charge in [-0.05, 0) is 21.0 Å². The molecule has 0 aliphatic carbocycles. The summed E-state index contributed by atoms with van der Waals surface area (Å²) in [6.45, 7) is 2.84. The van der Waals surface area contributed by atoms with Crippen molar-refractivity contribution in [3.63, 3.8) is 0 Å². The van der Waals surface area contributed by atoms with Crippen molar-refractivity contribution >= 4 is 5.96 Å². The predicted molar refractivity (Wildman–Crippen MR) is 47.0 cm³/mol. The van der Waals surface area contributed by atoms with Gasteiger partial charge in [-0.2, -0.15) is 0 Å². The molecule has 0 fully saturated rings. The van der Waals surface area contributed by atoms with Gasteiger partial charge in [-0.3, -0.25) is 5.43 Å². The predicted octanol–water partition coefficient (Wildman–Crippen LogP) is -1.29. The highest BCUT2D eigenvalue weighted by Crippen LogP contribution is 1.89. The molecule has 5 nitrogen and oxygen atoms in total. The van der Waals surface area contributed by atoms with E-state index in [0.29, 0.717) is 0 Å². The second-order valence-electron chi connectivity index (χ2n) is 2.77. The van der Waals surface area contributed by atoms with Gasteiger partial charge < -0.3 is 10.6 Å². The number of aliphatic imine (C=N–C) groups is 1. The van der Waals surface area contributed by atoms with Crippen LogP contribution >= 0.6 is 0 Å². The molecule has 1 unspecified atom stereocenters. The Hall–Kier alpha value is -0.810. The summed E-state index contributed by atoms with van der Waals surface area (Å²) in [7, 11) is 3.97. The number of hydrogen-bond donors (Lipinski definition) is 3. The van der Waals surface area contributed by atoms with E-state index >= 15 is 0 Å². The van der Waals surface area contributed by atoms with Crippen LogP contribution in [0.5, 0.6) is 0 Å². The van der Waals surface area contributed by atoms with Gasteiger partial charge in [0.15, 0.2) is 0 Å². The quantitative estimate of drug-likeness (QED) is 0.207. The average molecular weight is 159 g/mol. The molecule has 0 saturated carbocycles. The van der Waals surface area contributed by atoms with E-state index in [1.54, 1.807) is 0 Å². The van der Waals surface area contributed by atoms with E-state index in [9.17, 15) is 0 Å². The molecular weight excluding hydrogens is 142 g/mol. The molecule has 5 N–H and O–H groups in total. The summed E-state index contributed by atoms with van der Waals surface area (Å²) < 4.78 is 0. The number of nitrogens with zero attached hydrogens (tertiary/aromatic N) is 2. The van der Waals surface area contributed by atoms with Crippen LogP contribution in [-0.4, -0.2) is 37.5 Å². The maximum atomic E-state index is 5.34. The number of rotatable bonds is 3. The Morgan fingerprint density at radius 2 is 2.18 bits per heavy atom. The lowest BCUT2D eigenvalue weighted by atomic mass is 10.3. The van der Waals surface area contributed by atoms with Gasteiger partial charge in [0.05, 0.1) is 6.04 Å². The molecule has 0 heterocycles. The Bertz CT molecular complexity index is 131. The Labute approximate surface area is 67.4 Å². The molecule has 0 aromatic carbocycles. The van der Waals surface area contributed by atoms with E-state index in [4.69, 9.17) is 11.6 Å². The SMILES string of the molecule is CC(CN(C)C)N=C(N)NN. The van der Waals surface area contributed by atoms with Crippen molar-refractivity contribution in [1.82, 2.24) is 10.3 Å². The first-order chi connectivity index (χ1) is 5.06. The molecule has 0 aromatic heterocycles. The highest BCUT2D eigenvalue weighted by atomic mass is 15.3. The lowest BCUT2D eigenvalue weighted by Gasteiger charge is -2.13. The normalized spacial score (nSPS) is 15.2. The molecule has 0 spiro atoms. The van der Waals surface area contributed by atoms with Crippen LogP contribution in [0.4, 0.5) is 0 Å². The number of hydrogen-bond acceptors (Lipinski definition) is 3. The van der Waals surface area contributed by atoms with Gasteiger partial charge >= 0.3 is 0 Å². The van der Waals surface area contributed by atoms with Crippen molar-refractivity contribution < 1.29 is 0 Å². The van der Waals surface area contributed by atoms with Crippen LogP contribution in [0.3, 0.4) is 0 Å². The highest BCUT2D eigenvalue weighted by molar-refractivity contribution is 5.77. The molecule has 0 saturated heterocycles. The third-order valence-electron chi connectivity index (χ3n) is 1.14. The van der Waals surface area contributed by atoms with Crippen molar-refractivity contribution in [1.29, 1.82) is 0 Å². The number of likely N-dealkylation sites (N-methyl/N-ethyl adjacent to an activating group) is 1. The number of guanidine groups is 1. The molecule has 11 heavy (non-hydrogen) atoms. The van der Waals surface area contributed by atoms with E-state index in [-0.39, 0.29) is 12.0 Å². The summed E-state index contributed by atoms with van der Waals surface area (Å²) in [4.78, 5) is 6.09. The average Bonchev–Trinajstić information content (AvgIpc) is 1.85. The van der Waals surface area contributed by atoms with Crippen molar-refractivity contribution in [2.45, 2.75) is 13.0 Å². The first-order valence-electron chi connectivity index (χ1n) is 3.51. The van der Waals surface area contributed by atoms with E-state index in [0.717, 1.165) is 6.54 Å². The molecule has 0 aliphatic rings. The van der Waals surface area contributed by atoms with Gasteiger partial charge in [0, 0.05) is 6.54 Å². The van der Waals surface area contributed by atoms with Crippen LogP contribution in [-0.2, 0) is 0 Å². The minimum absolute atomic E-state index is 0.168. The van der Waals surface area contributed by atoms with Crippen molar-refractivity contribution in [2.24, 2.45) is 16.6 Å². The van der Waals surface area contributed by atoms with Gasteiger partial charge in [0.2, 0.25) is 5.96 Å². The van der Waals surface area contributed by atoms with Gasteiger partial charge in [-0.1, -0.05) is 0 Å². The van der Waals surface area contributed by atoms with Gasteiger partial charge in [0.25, 0.3) is 0 Å². The standard InChI is InChI=1S/C6H17N5/c1-5(4-11(2)3)9-6(7)10-8/h5H,4,8H2,1-3H3,(H3,7,9,10). The molecule has 5 heteroatoms. The molecule has 0 aromatic rings. The first kappa shape index (κ1) is 10.2. The molecule has 66 valence electrons. The minimum atomic E-state index is 0.168. The minimum Gasteiger partial charge on any atom is -0.369 e. The van der Waals surface area contributed by atoms with Crippen LogP contribution in [0.15, 0.2) is 4.99 Å². The second kappa shape index (κ2) is 4.92. The maximum absolute atomic E-state index is 5.34. The Morgan fingerprint density at radius 1 is 1.64 bits per heavy atom. The van der Waals surface area contributed by atoms with Crippen LogP contribution < -0.4 is 17.0 Å². The molecule has 0 radical (unpaired) electrons. The van der Waals surface area contributed by atoms with Gasteiger partial charge in [-0.25, -0.2) is 10.8 Å². The Balaban J connectivity index is 3.75. The summed E-state index contributed by atoms with van der Waals surface area (Å²) in [6.07, 6.45) is 0. The van der Waals surface area contributed by atoms with Gasteiger partial charge in [0.1, 0.15) is 0 Å². The monoisotopic (exact) mass is 159 g/mol. The fraction of sp³-hybridized carbons (Fsp3) is 0.833.